The van der Waals surface area contributed by atoms with Crippen molar-refractivity contribution >= 4 is 0 Å². The lowest BCUT2D eigenvalue weighted by atomic mass is 10.00. The molecule has 19 heavy (non-hydrogen) atoms. The molecule has 102 valence electrons. The Morgan fingerprint density at radius 3 is 2.74 bits per heavy atom. The summed E-state index contributed by atoms with van der Waals surface area (Å²) >= 11 is 0. The van der Waals surface area contributed by atoms with Crippen LogP contribution in [0.25, 0.3) is 0 Å². The minimum atomic E-state index is 0.112. The molecule has 2 unspecified atom stereocenters. The first kappa shape index (κ1) is 14.0. The van der Waals surface area contributed by atoms with E-state index in [1.807, 2.05) is 18.2 Å². The summed E-state index contributed by atoms with van der Waals surface area (Å²) < 4.78 is 0. The lowest BCUT2D eigenvalue weighted by Crippen LogP contribution is -2.40. The Hall–Kier alpha value is -1.37. The zero-order valence-corrected chi connectivity index (χ0v) is 11.3. The molecule has 1 aromatic carbocycles. The highest BCUT2D eigenvalue weighted by atomic mass is 16.3. The van der Waals surface area contributed by atoms with E-state index in [1.54, 1.807) is 0 Å². The molecule has 1 aliphatic heterocycles. The molecule has 1 aromatic rings. The highest BCUT2D eigenvalue weighted by molar-refractivity contribution is 5.20. The predicted octanol–water partition coefficient (Wildman–Crippen LogP) is 2.88. The van der Waals surface area contributed by atoms with Gasteiger partial charge in [-0.05, 0) is 24.9 Å². The third-order valence-electron chi connectivity index (χ3n) is 4.00. The van der Waals surface area contributed by atoms with Crippen LogP contribution in [-0.4, -0.2) is 29.2 Å². The third-order valence-corrected chi connectivity index (χ3v) is 4.00. The number of aliphatic hydroxyl groups is 1. The van der Waals surface area contributed by atoms with Gasteiger partial charge in [0, 0.05) is 12.1 Å². The Morgan fingerprint density at radius 2 is 2.05 bits per heavy atom. The van der Waals surface area contributed by atoms with Crippen molar-refractivity contribution in [3.63, 3.8) is 0 Å². The molecule has 0 amide bonds. The molecule has 2 atom stereocenters. The molecule has 0 bridgehead atoms. The van der Waals surface area contributed by atoms with Crippen molar-refractivity contribution in [3.8, 4) is 6.07 Å². The van der Waals surface area contributed by atoms with Crippen molar-refractivity contribution in [2.45, 2.75) is 44.2 Å². The van der Waals surface area contributed by atoms with Crippen LogP contribution in [0.15, 0.2) is 30.3 Å². The fourth-order valence-corrected chi connectivity index (χ4v) is 2.99. The monoisotopic (exact) mass is 258 g/mol. The molecule has 1 heterocycles. The highest BCUT2D eigenvalue weighted by Crippen LogP contribution is 2.30. The molecule has 0 spiro atoms. The molecule has 1 aliphatic rings. The van der Waals surface area contributed by atoms with Crippen LogP contribution in [0.2, 0.25) is 0 Å². The van der Waals surface area contributed by atoms with Gasteiger partial charge in [-0.1, -0.05) is 43.2 Å². The number of nitriles is 1. The molecule has 1 saturated heterocycles. The SMILES string of the molecule is N#CCC(c1ccccc1)N1CCCCCC1CO. The van der Waals surface area contributed by atoms with Gasteiger partial charge in [0.05, 0.1) is 19.1 Å². The molecule has 0 aliphatic carbocycles. The topological polar surface area (TPSA) is 47.3 Å². The first-order chi connectivity index (χ1) is 9.36. The Morgan fingerprint density at radius 1 is 1.26 bits per heavy atom. The zero-order valence-electron chi connectivity index (χ0n) is 11.3. The summed E-state index contributed by atoms with van der Waals surface area (Å²) in [6.07, 6.45) is 5.08. The first-order valence-corrected chi connectivity index (χ1v) is 7.15. The minimum Gasteiger partial charge on any atom is -0.395 e. The molecular weight excluding hydrogens is 236 g/mol. The van der Waals surface area contributed by atoms with Gasteiger partial charge in [0.25, 0.3) is 0 Å². The van der Waals surface area contributed by atoms with E-state index < -0.39 is 0 Å². The Labute approximate surface area is 115 Å². The smallest absolute Gasteiger partial charge is 0.0641 e. The molecule has 0 saturated carbocycles. The van der Waals surface area contributed by atoms with E-state index in [-0.39, 0.29) is 18.7 Å². The lowest BCUT2D eigenvalue weighted by molar-refractivity contribution is 0.0855. The zero-order chi connectivity index (χ0) is 13.5. The van der Waals surface area contributed by atoms with Gasteiger partial charge >= 0.3 is 0 Å². The van der Waals surface area contributed by atoms with Crippen LogP contribution < -0.4 is 0 Å². The fraction of sp³-hybridized carbons (Fsp3) is 0.562. The lowest BCUT2D eigenvalue weighted by Gasteiger charge is -2.35. The van der Waals surface area contributed by atoms with Crippen LogP contribution in [0.5, 0.6) is 0 Å². The molecule has 1 fully saturated rings. The van der Waals surface area contributed by atoms with Gasteiger partial charge in [0.1, 0.15) is 0 Å². The van der Waals surface area contributed by atoms with Crippen LogP contribution in [-0.2, 0) is 0 Å². The number of hydrogen-bond donors (Lipinski definition) is 1. The van der Waals surface area contributed by atoms with Crippen molar-refractivity contribution in [2.75, 3.05) is 13.2 Å². The summed E-state index contributed by atoms with van der Waals surface area (Å²) in [6.45, 7) is 1.17. The van der Waals surface area contributed by atoms with Gasteiger partial charge in [-0.2, -0.15) is 5.26 Å². The van der Waals surface area contributed by atoms with E-state index in [4.69, 9.17) is 5.26 Å². The maximum absolute atomic E-state index is 9.63. The maximum Gasteiger partial charge on any atom is 0.0641 e. The summed E-state index contributed by atoms with van der Waals surface area (Å²) in [4.78, 5) is 2.34. The van der Waals surface area contributed by atoms with Gasteiger partial charge < -0.3 is 5.11 Å². The summed E-state index contributed by atoms with van der Waals surface area (Å²) in [5.74, 6) is 0. The van der Waals surface area contributed by atoms with Gasteiger partial charge in [-0.15, -0.1) is 0 Å². The molecular formula is C16H22N2O. The van der Waals surface area contributed by atoms with Crippen molar-refractivity contribution in [3.05, 3.63) is 35.9 Å². The number of likely N-dealkylation sites (tertiary alicyclic amines) is 1. The van der Waals surface area contributed by atoms with Crippen LogP contribution >= 0.6 is 0 Å². The van der Waals surface area contributed by atoms with E-state index in [0.717, 1.165) is 19.4 Å². The Kier molecular flexibility index (Phi) is 5.38. The molecule has 3 heteroatoms. The normalized spacial score (nSPS) is 22.4. The quantitative estimate of drug-likeness (QED) is 0.903. The van der Waals surface area contributed by atoms with Gasteiger partial charge in [0.2, 0.25) is 0 Å². The average Bonchev–Trinajstić information content (AvgIpc) is 2.70. The Bertz CT molecular complexity index is 413. The predicted molar refractivity (Wildman–Crippen MR) is 75.5 cm³/mol. The maximum atomic E-state index is 9.63. The van der Waals surface area contributed by atoms with Crippen molar-refractivity contribution in [1.82, 2.24) is 4.90 Å². The number of nitrogens with zero attached hydrogens (tertiary/aromatic N) is 2. The van der Waals surface area contributed by atoms with Gasteiger partial charge in [0.15, 0.2) is 0 Å². The van der Waals surface area contributed by atoms with E-state index in [0.29, 0.717) is 6.42 Å². The summed E-state index contributed by atoms with van der Waals surface area (Å²) in [5.41, 5.74) is 1.18. The van der Waals surface area contributed by atoms with Crippen LogP contribution in [0, 0.1) is 11.3 Å². The second-order valence-electron chi connectivity index (χ2n) is 5.21. The van der Waals surface area contributed by atoms with Crippen molar-refractivity contribution in [1.29, 1.82) is 5.26 Å². The molecule has 0 radical (unpaired) electrons. The van der Waals surface area contributed by atoms with Gasteiger partial charge in [-0.25, -0.2) is 0 Å². The van der Waals surface area contributed by atoms with E-state index in [2.05, 4.69) is 23.1 Å². The van der Waals surface area contributed by atoms with Crippen LogP contribution in [0.1, 0.15) is 43.7 Å². The minimum absolute atomic E-state index is 0.112. The fourth-order valence-electron chi connectivity index (χ4n) is 2.99. The van der Waals surface area contributed by atoms with E-state index >= 15 is 0 Å². The molecule has 2 rings (SSSR count). The summed E-state index contributed by atoms with van der Waals surface area (Å²) in [6, 6.07) is 12.8. The standard InChI is InChI=1S/C16H22N2O/c17-11-10-16(14-7-3-1-4-8-14)18-12-6-2-5-9-15(18)13-19/h1,3-4,7-8,15-16,19H,2,5-6,9-10,12-13H2. The first-order valence-electron chi connectivity index (χ1n) is 7.15. The number of rotatable bonds is 4. The second kappa shape index (κ2) is 7.28. The van der Waals surface area contributed by atoms with E-state index in [1.165, 1.54) is 18.4 Å². The highest BCUT2D eigenvalue weighted by Gasteiger charge is 2.28. The average molecular weight is 258 g/mol. The third kappa shape index (κ3) is 3.56. The van der Waals surface area contributed by atoms with Crippen molar-refractivity contribution in [2.24, 2.45) is 0 Å². The van der Waals surface area contributed by atoms with Crippen LogP contribution in [0.4, 0.5) is 0 Å². The number of benzene rings is 1. The summed E-state index contributed by atoms with van der Waals surface area (Å²) in [5, 5.41) is 18.7. The largest absolute Gasteiger partial charge is 0.395 e. The molecule has 1 N–H and O–H groups in total. The molecule has 3 nitrogen and oxygen atoms in total. The summed E-state index contributed by atoms with van der Waals surface area (Å²) in [7, 11) is 0. The molecule has 0 aromatic heterocycles. The second-order valence-corrected chi connectivity index (χ2v) is 5.21. The Balaban J connectivity index is 2.23. The van der Waals surface area contributed by atoms with Crippen molar-refractivity contribution < 1.29 is 5.11 Å². The van der Waals surface area contributed by atoms with E-state index in [9.17, 15) is 5.11 Å². The van der Waals surface area contributed by atoms with Gasteiger partial charge in [-0.3, -0.25) is 4.90 Å². The van der Waals surface area contributed by atoms with Crippen LogP contribution in [0.3, 0.4) is 0 Å². The number of aliphatic hydroxyl groups excluding tert-OH is 1. The number of hydrogen-bond acceptors (Lipinski definition) is 3.